The Hall–Kier alpha value is -1.60. The van der Waals surface area contributed by atoms with Crippen molar-refractivity contribution in [1.82, 2.24) is 14.7 Å². The Balaban J connectivity index is 1.72. The number of halogens is 2. The number of aliphatic hydroxyl groups is 1. The Bertz CT molecular complexity index is 817. The first-order valence-electron chi connectivity index (χ1n) is 9.11. The van der Waals surface area contributed by atoms with Crippen molar-refractivity contribution in [3.8, 4) is 5.69 Å². The maximum Gasteiger partial charge on any atom is 0.292 e. The van der Waals surface area contributed by atoms with E-state index in [0.717, 1.165) is 38.9 Å². The zero-order valence-corrected chi connectivity index (χ0v) is 16.8. The summed E-state index contributed by atoms with van der Waals surface area (Å²) in [6, 6.07) is 7.38. The maximum absolute atomic E-state index is 12.7. The molecule has 1 aliphatic heterocycles. The topological polar surface area (TPSA) is 61.6 Å². The Kier molecular flexibility index (Phi) is 6.76. The van der Waals surface area contributed by atoms with Gasteiger partial charge in [0.1, 0.15) is 5.02 Å². The quantitative estimate of drug-likeness (QED) is 0.792. The highest BCUT2D eigenvalue weighted by Crippen LogP contribution is 2.26. The molecule has 146 valence electrons. The van der Waals surface area contributed by atoms with Crippen LogP contribution in [-0.4, -0.2) is 59.1 Å². The molecule has 8 heteroatoms. The van der Waals surface area contributed by atoms with Crippen LogP contribution in [0.15, 0.2) is 35.3 Å². The van der Waals surface area contributed by atoms with Crippen molar-refractivity contribution in [3.05, 3.63) is 50.9 Å². The summed E-state index contributed by atoms with van der Waals surface area (Å²) in [5, 5.41) is 14.1. The molecule has 0 amide bonds. The van der Waals surface area contributed by atoms with Crippen LogP contribution < -0.4 is 10.5 Å². The molecule has 1 aliphatic rings. The van der Waals surface area contributed by atoms with Gasteiger partial charge in [0.05, 0.1) is 17.6 Å². The number of piperidine rings is 1. The van der Waals surface area contributed by atoms with E-state index < -0.39 is 0 Å². The van der Waals surface area contributed by atoms with E-state index in [-0.39, 0.29) is 17.2 Å². The second-order valence-corrected chi connectivity index (χ2v) is 7.63. The SMILES string of the molecule is CN(CCCO)C1CCN(c2cnn(-c3ccc(Cl)cc3)c(=O)c2Cl)CC1. The Morgan fingerprint density at radius 2 is 1.89 bits per heavy atom. The van der Waals surface area contributed by atoms with Crippen LogP contribution in [0.25, 0.3) is 5.69 Å². The van der Waals surface area contributed by atoms with Gasteiger partial charge in [0, 0.05) is 37.3 Å². The number of benzene rings is 1. The van der Waals surface area contributed by atoms with Crippen molar-refractivity contribution in [3.63, 3.8) is 0 Å². The number of aromatic nitrogens is 2. The molecule has 0 bridgehead atoms. The number of rotatable bonds is 6. The third-order valence-corrected chi connectivity index (χ3v) is 5.68. The molecule has 1 saturated heterocycles. The molecular weight excluding hydrogens is 387 g/mol. The fraction of sp³-hybridized carbons (Fsp3) is 0.474. The Morgan fingerprint density at radius 3 is 2.52 bits per heavy atom. The van der Waals surface area contributed by atoms with Crippen molar-refractivity contribution < 1.29 is 5.11 Å². The molecular formula is C19H24Cl2N4O2. The molecule has 0 radical (unpaired) electrons. The standard InChI is InChI=1S/C19H24Cl2N4O2/c1-23(9-2-12-26)15-7-10-24(11-8-15)17-13-22-25(19(27)18(17)21)16-5-3-14(20)4-6-16/h3-6,13,15,26H,2,7-12H2,1H3. The van der Waals surface area contributed by atoms with Crippen molar-refractivity contribution >= 4 is 28.9 Å². The lowest BCUT2D eigenvalue weighted by Crippen LogP contribution is -2.44. The molecule has 0 saturated carbocycles. The summed E-state index contributed by atoms with van der Waals surface area (Å²) >= 11 is 12.3. The largest absolute Gasteiger partial charge is 0.396 e. The second-order valence-electron chi connectivity index (χ2n) is 6.81. The molecule has 2 heterocycles. The van der Waals surface area contributed by atoms with Crippen LogP contribution in [0.4, 0.5) is 5.69 Å². The number of hydrogen-bond donors (Lipinski definition) is 1. The van der Waals surface area contributed by atoms with Gasteiger partial charge in [-0.2, -0.15) is 9.78 Å². The highest BCUT2D eigenvalue weighted by Gasteiger charge is 2.25. The summed E-state index contributed by atoms with van der Waals surface area (Å²) < 4.78 is 1.29. The van der Waals surface area contributed by atoms with E-state index in [2.05, 4.69) is 21.9 Å². The van der Waals surface area contributed by atoms with E-state index in [0.29, 0.717) is 22.4 Å². The van der Waals surface area contributed by atoms with Gasteiger partial charge >= 0.3 is 0 Å². The summed E-state index contributed by atoms with van der Waals surface area (Å²) in [6.07, 6.45) is 4.42. The van der Waals surface area contributed by atoms with E-state index in [1.165, 1.54) is 4.68 Å². The van der Waals surface area contributed by atoms with Crippen LogP contribution in [0.2, 0.25) is 10.0 Å². The van der Waals surface area contributed by atoms with Crippen molar-refractivity contribution in [2.45, 2.75) is 25.3 Å². The predicted octanol–water partition coefficient (Wildman–Crippen LogP) is 2.82. The first-order chi connectivity index (χ1) is 13.0. The van der Waals surface area contributed by atoms with Crippen molar-refractivity contribution in [2.75, 3.05) is 38.2 Å². The fourth-order valence-electron chi connectivity index (χ4n) is 3.46. The number of aliphatic hydroxyl groups excluding tert-OH is 1. The third-order valence-electron chi connectivity index (χ3n) is 5.07. The van der Waals surface area contributed by atoms with Gasteiger partial charge in [0.2, 0.25) is 0 Å². The first-order valence-corrected chi connectivity index (χ1v) is 9.86. The normalized spacial score (nSPS) is 15.5. The second kappa shape index (κ2) is 9.06. The fourth-order valence-corrected chi connectivity index (χ4v) is 3.84. The third kappa shape index (κ3) is 4.63. The number of anilines is 1. The molecule has 6 nitrogen and oxygen atoms in total. The average molecular weight is 411 g/mol. The lowest BCUT2D eigenvalue weighted by atomic mass is 10.0. The van der Waals surface area contributed by atoms with Crippen molar-refractivity contribution in [2.24, 2.45) is 0 Å². The summed E-state index contributed by atoms with van der Waals surface area (Å²) in [5.74, 6) is 0. The highest BCUT2D eigenvalue weighted by atomic mass is 35.5. The predicted molar refractivity (Wildman–Crippen MR) is 109 cm³/mol. The van der Waals surface area contributed by atoms with Crippen LogP contribution in [0.1, 0.15) is 19.3 Å². The zero-order chi connectivity index (χ0) is 19.4. The molecule has 3 rings (SSSR count). The smallest absolute Gasteiger partial charge is 0.292 e. The molecule has 1 aromatic heterocycles. The molecule has 27 heavy (non-hydrogen) atoms. The van der Waals surface area contributed by atoms with Gasteiger partial charge in [-0.3, -0.25) is 4.79 Å². The highest BCUT2D eigenvalue weighted by molar-refractivity contribution is 6.33. The minimum Gasteiger partial charge on any atom is -0.396 e. The van der Waals surface area contributed by atoms with E-state index in [1.54, 1.807) is 30.5 Å². The van der Waals surface area contributed by atoms with Gasteiger partial charge in [0.25, 0.3) is 5.56 Å². The van der Waals surface area contributed by atoms with Gasteiger partial charge in [-0.05, 0) is 50.6 Å². The lowest BCUT2D eigenvalue weighted by Gasteiger charge is -2.37. The summed E-state index contributed by atoms with van der Waals surface area (Å²) in [5.41, 5.74) is 0.976. The summed E-state index contributed by atoms with van der Waals surface area (Å²) in [6.45, 7) is 2.74. The van der Waals surface area contributed by atoms with Gasteiger partial charge in [0.15, 0.2) is 0 Å². The van der Waals surface area contributed by atoms with Crippen LogP contribution in [-0.2, 0) is 0 Å². The molecule has 0 atom stereocenters. The van der Waals surface area contributed by atoms with Crippen LogP contribution in [0, 0.1) is 0 Å². The van der Waals surface area contributed by atoms with Crippen LogP contribution in [0.5, 0.6) is 0 Å². The van der Waals surface area contributed by atoms with E-state index in [9.17, 15) is 4.79 Å². The summed E-state index contributed by atoms with van der Waals surface area (Å²) in [7, 11) is 2.10. The zero-order valence-electron chi connectivity index (χ0n) is 15.3. The first kappa shape index (κ1) is 20.1. The van der Waals surface area contributed by atoms with Gasteiger partial charge in [-0.25, -0.2) is 0 Å². The Morgan fingerprint density at radius 1 is 1.22 bits per heavy atom. The molecule has 2 aromatic rings. The monoisotopic (exact) mass is 410 g/mol. The van der Waals surface area contributed by atoms with Crippen molar-refractivity contribution in [1.29, 1.82) is 0 Å². The van der Waals surface area contributed by atoms with Gasteiger partial charge in [-0.15, -0.1) is 0 Å². The molecule has 0 unspecified atom stereocenters. The molecule has 0 aliphatic carbocycles. The van der Waals surface area contributed by atoms with E-state index >= 15 is 0 Å². The molecule has 1 N–H and O–H groups in total. The summed E-state index contributed by atoms with van der Waals surface area (Å²) in [4.78, 5) is 17.1. The minimum atomic E-state index is -0.335. The van der Waals surface area contributed by atoms with Gasteiger partial charge < -0.3 is 14.9 Å². The molecule has 0 spiro atoms. The van der Waals surface area contributed by atoms with E-state index in [4.69, 9.17) is 28.3 Å². The van der Waals surface area contributed by atoms with Crippen LogP contribution in [0.3, 0.4) is 0 Å². The maximum atomic E-state index is 12.7. The van der Waals surface area contributed by atoms with Gasteiger partial charge in [-0.1, -0.05) is 23.2 Å². The van der Waals surface area contributed by atoms with E-state index in [1.807, 2.05) is 0 Å². The number of hydrogen-bond acceptors (Lipinski definition) is 5. The Labute approximate surface area is 168 Å². The number of nitrogens with zero attached hydrogens (tertiary/aromatic N) is 4. The molecule has 1 aromatic carbocycles. The molecule has 1 fully saturated rings. The average Bonchev–Trinajstić information content (AvgIpc) is 2.69. The van der Waals surface area contributed by atoms with Crippen LogP contribution >= 0.6 is 23.2 Å². The minimum absolute atomic E-state index is 0.187. The lowest BCUT2D eigenvalue weighted by molar-refractivity contribution is 0.184.